The number of hydrogen-bond donors (Lipinski definition) is 2. The van der Waals surface area contributed by atoms with Crippen LogP contribution in [0.15, 0.2) is 0 Å². The second-order valence-corrected chi connectivity index (χ2v) is 1.01. The van der Waals surface area contributed by atoms with Gasteiger partial charge in [0.25, 0.3) is 0 Å². The number of rotatable bonds is 1. The van der Waals surface area contributed by atoms with E-state index in [2.05, 4.69) is 0 Å². The van der Waals surface area contributed by atoms with E-state index < -0.39 is 12.1 Å². The van der Waals surface area contributed by atoms with Crippen LogP contribution in [0.2, 0.25) is 0 Å². The van der Waals surface area contributed by atoms with Gasteiger partial charge in [-0.15, -0.1) is 0 Å². The molecule has 0 aliphatic rings. The summed E-state index contributed by atoms with van der Waals surface area (Å²) in [4.78, 5) is 9.45. The van der Waals surface area contributed by atoms with Gasteiger partial charge in [-0.25, -0.2) is 4.79 Å². The fraction of sp³-hybridized carbons (Fsp3) is 0.667. The molecule has 0 bridgehead atoms. The molecule has 0 fully saturated rings. The molecule has 0 aliphatic carbocycles. The predicted octanol–water partition coefficient (Wildman–Crippen LogP) is -0.551. The molecule has 1 atom stereocenters. The minimum absolute atomic E-state index is 0. The van der Waals surface area contributed by atoms with Crippen LogP contribution in [-0.2, 0) is 25.9 Å². The first-order chi connectivity index (χ1) is 2.64. The number of aliphatic hydroxyl groups is 1. The zero-order chi connectivity index (χ0) is 5.15. The van der Waals surface area contributed by atoms with Gasteiger partial charge >= 0.3 is 27.0 Å². The molecule has 1 unspecified atom stereocenters. The molecule has 0 aromatic carbocycles. The monoisotopic (exact) mass is 285 g/mol. The van der Waals surface area contributed by atoms with Crippen molar-refractivity contribution < 1.29 is 36.1 Å². The van der Waals surface area contributed by atoms with Gasteiger partial charge in [-0.2, -0.15) is 0 Å². The Kier molecular flexibility index (Phi) is 6.22. The van der Waals surface area contributed by atoms with Crippen LogP contribution in [0.25, 0.3) is 0 Å². The Bertz CT molecular complexity index is 61.2. The quantitative estimate of drug-likeness (QED) is 0.679. The Morgan fingerprint density at radius 2 is 1.86 bits per heavy atom. The minimum Gasteiger partial charge on any atom is -0.479 e. The van der Waals surface area contributed by atoms with E-state index in [1.165, 1.54) is 6.92 Å². The molecule has 0 amide bonds. The van der Waals surface area contributed by atoms with Gasteiger partial charge in [-0.3, -0.25) is 0 Å². The van der Waals surface area contributed by atoms with Crippen molar-refractivity contribution in [1.82, 2.24) is 0 Å². The summed E-state index contributed by atoms with van der Waals surface area (Å²) in [5.74, 6) is -1.19. The second-order valence-electron chi connectivity index (χ2n) is 1.01. The number of carboxylic acid groups (broad SMARTS) is 1. The van der Waals surface area contributed by atoms with Crippen LogP contribution in [0.4, 0.5) is 0 Å². The predicted molar refractivity (Wildman–Crippen MR) is 19.3 cm³/mol. The van der Waals surface area contributed by atoms with Gasteiger partial charge in [0, 0.05) is 0 Å². The van der Waals surface area contributed by atoms with Crippen molar-refractivity contribution in [3.63, 3.8) is 0 Å². The zero-order valence-corrected chi connectivity index (χ0v) is 5.97. The van der Waals surface area contributed by atoms with Crippen LogP contribution in [0, 0.1) is 0 Å². The molecule has 0 aliphatic heterocycles. The second kappa shape index (κ2) is 4.28. The summed E-state index contributed by atoms with van der Waals surface area (Å²) in [5.41, 5.74) is 0. The first-order valence-corrected chi connectivity index (χ1v) is 1.55. The van der Waals surface area contributed by atoms with Crippen molar-refractivity contribution in [2.45, 2.75) is 13.0 Å². The van der Waals surface area contributed by atoms with E-state index in [-0.39, 0.29) is 21.1 Å². The van der Waals surface area contributed by atoms with Crippen LogP contribution < -0.4 is 0 Å². The molecule has 7 heavy (non-hydrogen) atoms. The third-order valence-electron chi connectivity index (χ3n) is 0.357. The van der Waals surface area contributed by atoms with Gasteiger partial charge in [-0.1, -0.05) is 0 Å². The first kappa shape index (κ1) is 10.2. The summed E-state index contributed by atoms with van der Waals surface area (Å²) in [6.45, 7) is 1.20. The fourth-order valence-corrected chi connectivity index (χ4v) is 0. The summed E-state index contributed by atoms with van der Waals surface area (Å²) in [7, 11) is 0. The maximum absolute atomic E-state index is 9.45. The van der Waals surface area contributed by atoms with Gasteiger partial charge in [-0.05, 0) is 6.92 Å². The number of hydrogen-bond acceptors (Lipinski definition) is 2. The normalized spacial score (nSPS) is 11.7. The maximum atomic E-state index is 9.45. The van der Waals surface area contributed by atoms with E-state index in [0.717, 1.165) is 0 Å². The average Bonchev–Trinajstić information content (AvgIpc) is 1.36. The van der Waals surface area contributed by atoms with Crippen LogP contribution in [0.5, 0.6) is 0 Å². The summed E-state index contributed by atoms with van der Waals surface area (Å²) in [5, 5.41) is 15.8. The van der Waals surface area contributed by atoms with Crippen molar-refractivity contribution in [1.29, 1.82) is 0 Å². The number of carbonyl (C=O) groups is 1. The van der Waals surface area contributed by atoms with E-state index in [1.54, 1.807) is 0 Å². The Morgan fingerprint density at radius 1 is 1.71 bits per heavy atom. The van der Waals surface area contributed by atoms with E-state index in [1.807, 2.05) is 0 Å². The van der Waals surface area contributed by atoms with E-state index >= 15 is 0 Å². The standard InChI is InChI=1S/C3H6O3.Pt/c1-2(4)3(5)6;/h2,4H,1H3,(H,5,6);/q;+2. The molecule has 0 aromatic rings. The molecule has 0 saturated carbocycles. The maximum Gasteiger partial charge on any atom is 2.00 e. The summed E-state index contributed by atoms with van der Waals surface area (Å²) < 4.78 is 0. The van der Waals surface area contributed by atoms with E-state index in [9.17, 15) is 4.79 Å². The smallest absolute Gasteiger partial charge is 0.479 e. The molecule has 0 aromatic heterocycles. The fourth-order valence-electron chi connectivity index (χ4n) is 0. The summed E-state index contributed by atoms with van der Waals surface area (Å²) >= 11 is 0. The van der Waals surface area contributed by atoms with Crippen LogP contribution in [0.3, 0.4) is 0 Å². The Hall–Kier alpha value is 0.118. The molecule has 0 spiro atoms. The minimum atomic E-state index is -1.23. The Labute approximate surface area is 55.6 Å². The Balaban J connectivity index is 0. The van der Waals surface area contributed by atoms with Crippen molar-refractivity contribution >= 4 is 5.97 Å². The molecule has 0 heterocycles. The number of aliphatic carboxylic acids is 1. The molecule has 3 nitrogen and oxygen atoms in total. The summed E-state index contributed by atoms with van der Waals surface area (Å²) in [6.07, 6.45) is -1.23. The largest absolute Gasteiger partial charge is 2.00 e. The molecule has 0 saturated heterocycles. The van der Waals surface area contributed by atoms with Crippen LogP contribution >= 0.6 is 0 Å². The van der Waals surface area contributed by atoms with Crippen LogP contribution in [0.1, 0.15) is 6.92 Å². The molecular formula is C3H6O3Pt+2. The van der Waals surface area contributed by atoms with Crippen molar-refractivity contribution in [3.8, 4) is 0 Å². The molecule has 2 N–H and O–H groups in total. The number of carboxylic acids is 1. The SMILES string of the molecule is CC(O)C(=O)O.[Pt+2]. The van der Waals surface area contributed by atoms with Crippen LogP contribution in [-0.4, -0.2) is 22.3 Å². The third-order valence-corrected chi connectivity index (χ3v) is 0.357. The zero-order valence-electron chi connectivity index (χ0n) is 3.70. The van der Waals surface area contributed by atoms with E-state index in [4.69, 9.17) is 10.2 Å². The Morgan fingerprint density at radius 3 is 1.86 bits per heavy atom. The summed E-state index contributed by atoms with van der Waals surface area (Å²) in [6, 6.07) is 0. The van der Waals surface area contributed by atoms with Gasteiger partial charge in [0.15, 0.2) is 0 Å². The van der Waals surface area contributed by atoms with Crippen molar-refractivity contribution in [2.24, 2.45) is 0 Å². The van der Waals surface area contributed by atoms with Gasteiger partial charge in [0.05, 0.1) is 0 Å². The third kappa shape index (κ3) is 6.12. The molecule has 0 rings (SSSR count). The van der Waals surface area contributed by atoms with Gasteiger partial charge in [0.2, 0.25) is 0 Å². The molecule has 4 heteroatoms. The first-order valence-electron chi connectivity index (χ1n) is 1.55. The average molecular weight is 285 g/mol. The van der Waals surface area contributed by atoms with Crippen molar-refractivity contribution in [2.75, 3.05) is 0 Å². The van der Waals surface area contributed by atoms with E-state index in [0.29, 0.717) is 0 Å². The molecule has 0 radical (unpaired) electrons. The van der Waals surface area contributed by atoms with Gasteiger partial charge < -0.3 is 10.2 Å². The molecule has 44 valence electrons. The molecular weight excluding hydrogens is 279 g/mol. The topological polar surface area (TPSA) is 57.5 Å². The van der Waals surface area contributed by atoms with Gasteiger partial charge in [0.1, 0.15) is 6.10 Å². The van der Waals surface area contributed by atoms with Crippen molar-refractivity contribution in [3.05, 3.63) is 0 Å². The number of aliphatic hydroxyl groups excluding tert-OH is 1.